The van der Waals surface area contributed by atoms with Crippen molar-refractivity contribution in [2.45, 2.75) is 6.61 Å². The molecule has 0 atom stereocenters. The van der Waals surface area contributed by atoms with Crippen molar-refractivity contribution < 1.29 is 14.3 Å². The summed E-state index contributed by atoms with van der Waals surface area (Å²) in [5.41, 5.74) is 7.51. The Labute approximate surface area is 138 Å². The number of amides is 1. The zero-order valence-electron chi connectivity index (χ0n) is 12.8. The normalized spacial score (nSPS) is 11.0. The number of carbonyl (C=O) groups is 2. The summed E-state index contributed by atoms with van der Waals surface area (Å²) in [5, 5.41) is 0.707. The van der Waals surface area contributed by atoms with Crippen molar-refractivity contribution >= 4 is 35.1 Å². The van der Waals surface area contributed by atoms with Crippen LogP contribution in [0, 0.1) is 0 Å². The van der Waals surface area contributed by atoms with Crippen LogP contribution in [0.1, 0.15) is 5.56 Å². The van der Waals surface area contributed by atoms with Crippen LogP contribution < -0.4 is 10.5 Å². The van der Waals surface area contributed by atoms with Gasteiger partial charge in [0.25, 0.3) is 0 Å². The van der Waals surface area contributed by atoms with Gasteiger partial charge in [-0.2, -0.15) is 0 Å². The summed E-state index contributed by atoms with van der Waals surface area (Å²) in [5.74, 6) is 0.609. The number of aliphatic imine (C=N–C) groups is 1. The molecule has 0 bridgehead atoms. The third-order valence-corrected chi connectivity index (χ3v) is 3.52. The van der Waals surface area contributed by atoms with Gasteiger partial charge in [0.15, 0.2) is 6.29 Å². The molecule has 0 aliphatic rings. The number of primary amides is 1. The summed E-state index contributed by atoms with van der Waals surface area (Å²) < 4.78 is 7.05. The van der Waals surface area contributed by atoms with Crippen molar-refractivity contribution in [3.63, 3.8) is 0 Å². The van der Waals surface area contributed by atoms with Gasteiger partial charge in [0, 0.05) is 17.6 Å². The summed E-state index contributed by atoms with van der Waals surface area (Å²) in [6.45, 7) is 0.416. The van der Waals surface area contributed by atoms with Crippen LogP contribution in [0.5, 0.6) is 5.75 Å². The highest BCUT2D eigenvalue weighted by molar-refractivity contribution is 6.14. The molecule has 0 saturated heterocycles. The fraction of sp³-hybridized carbons (Fsp3) is 0.0556. The van der Waals surface area contributed by atoms with E-state index < -0.39 is 6.03 Å². The molecule has 6 heteroatoms. The van der Waals surface area contributed by atoms with Crippen molar-refractivity contribution in [2.75, 3.05) is 0 Å². The lowest BCUT2D eigenvalue weighted by Gasteiger charge is -2.07. The Hall–Kier alpha value is -3.41. The minimum Gasteiger partial charge on any atom is -0.489 e. The zero-order chi connectivity index (χ0) is 16.9. The first-order valence-electron chi connectivity index (χ1n) is 7.28. The number of ether oxygens (including phenoxy) is 1. The van der Waals surface area contributed by atoms with Gasteiger partial charge in [0.05, 0.1) is 17.4 Å². The third-order valence-electron chi connectivity index (χ3n) is 3.52. The number of aromatic nitrogens is 1. The average molecular weight is 321 g/mol. The first-order valence-corrected chi connectivity index (χ1v) is 7.28. The maximum absolute atomic E-state index is 11.6. The molecule has 0 saturated carbocycles. The summed E-state index contributed by atoms with van der Waals surface area (Å²) in [6, 6.07) is 14.4. The van der Waals surface area contributed by atoms with Crippen molar-refractivity contribution in [2.24, 2.45) is 10.7 Å². The Balaban J connectivity index is 1.94. The van der Waals surface area contributed by atoms with Crippen molar-refractivity contribution in [3.05, 3.63) is 60.3 Å². The van der Waals surface area contributed by atoms with Gasteiger partial charge in [-0.05, 0) is 17.7 Å². The molecule has 3 aromatic rings. The Kier molecular flexibility index (Phi) is 4.38. The van der Waals surface area contributed by atoms with Gasteiger partial charge >= 0.3 is 6.03 Å². The molecule has 0 fully saturated rings. The predicted molar refractivity (Wildman–Crippen MR) is 91.9 cm³/mol. The lowest BCUT2D eigenvalue weighted by Crippen LogP contribution is -2.18. The highest BCUT2D eigenvalue weighted by Crippen LogP contribution is 2.31. The maximum atomic E-state index is 11.6. The van der Waals surface area contributed by atoms with Crippen LogP contribution in [-0.2, 0) is 11.4 Å². The molecule has 0 spiro atoms. The fourth-order valence-electron chi connectivity index (χ4n) is 2.42. The maximum Gasteiger partial charge on any atom is 0.323 e. The molecular formula is C18H15N3O3. The summed E-state index contributed by atoms with van der Waals surface area (Å²) in [4.78, 5) is 26.1. The topological polar surface area (TPSA) is 86.7 Å². The zero-order valence-corrected chi connectivity index (χ0v) is 12.8. The molecule has 1 amide bonds. The molecule has 2 N–H and O–H groups in total. The van der Waals surface area contributed by atoms with Gasteiger partial charge in [0.1, 0.15) is 12.4 Å². The van der Waals surface area contributed by atoms with Crippen LogP contribution in [0.3, 0.4) is 0 Å². The number of nitrogens with zero attached hydrogens (tertiary/aromatic N) is 2. The van der Waals surface area contributed by atoms with Gasteiger partial charge in [-0.15, -0.1) is 0 Å². The van der Waals surface area contributed by atoms with E-state index in [2.05, 4.69) is 4.99 Å². The van der Waals surface area contributed by atoms with Crippen molar-refractivity contribution in [1.29, 1.82) is 0 Å². The first kappa shape index (κ1) is 15.5. The van der Waals surface area contributed by atoms with Crippen LogP contribution in [0.2, 0.25) is 0 Å². The van der Waals surface area contributed by atoms with E-state index in [0.717, 1.165) is 11.8 Å². The Morgan fingerprint density at radius 1 is 1.21 bits per heavy atom. The summed E-state index contributed by atoms with van der Waals surface area (Å²) >= 11 is 0. The number of aldehydes is 1. The molecule has 6 nitrogen and oxygen atoms in total. The molecule has 1 aromatic heterocycles. The molecule has 1 heterocycles. The minimum absolute atomic E-state index is 0.416. The molecule has 0 aliphatic carbocycles. The quantitative estimate of drug-likeness (QED) is 0.579. The Morgan fingerprint density at radius 3 is 2.71 bits per heavy atom. The lowest BCUT2D eigenvalue weighted by molar-refractivity contribution is -0.102. The predicted octanol–water partition coefficient (Wildman–Crippen LogP) is 3.05. The molecule has 3 rings (SSSR count). The molecule has 2 aromatic carbocycles. The van der Waals surface area contributed by atoms with E-state index in [1.54, 1.807) is 18.2 Å². The van der Waals surface area contributed by atoms with E-state index in [-0.39, 0.29) is 0 Å². The summed E-state index contributed by atoms with van der Waals surface area (Å²) in [6.07, 6.45) is 3.19. The monoisotopic (exact) mass is 321 g/mol. The number of fused-ring (bicyclic) bond motifs is 1. The standard InChI is InChI=1S/C18H15N3O3/c19-18(23)21-11-16(20-8-9-22)15-7-6-14(10-17(15)21)24-12-13-4-2-1-3-5-13/h1-11H,12H2,(H2,19,23). The van der Waals surface area contributed by atoms with Crippen LogP contribution in [0.15, 0.2) is 59.7 Å². The number of nitrogens with two attached hydrogens (primary N) is 1. The van der Waals surface area contributed by atoms with Gasteiger partial charge in [-0.3, -0.25) is 14.4 Å². The van der Waals surface area contributed by atoms with E-state index in [1.165, 1.54) is 10.8 Å². The Bertz CT molecular complexity index is 914. The number of benzene rings is 2. The second-order valence-electron chi connectivity index (χ2n) is 5.09. The molecule has 0 aliphatic heterocycles. The van der Waals surface area contributed by atoms with Crippen LogP contribution in [0.25, 0.3) is 10.9 Å². The lowest BCUT2D eigenvalue weighted by atomic mass is 10.2. The highest BCUT2D eigenvalue weighted by atomic mass is 16.5. The van der Waals surface area contributed by atoms with E-state index in [1.807, 2.05) is 30.3 Å². The number of rotatable bonds is 5. The molecule has 24 heavy (non-hydrogen) atoms. The average Bonchev–Trinajstić information content (AvgIpc) is 2.97. The van der Waals surface area contributed by atoms with E-state index >= 15 is 0 Å². The van der Waals surface area contributed by atoms with E-state index in [4.69, 9.17) is 10.5 Å². The second kappa shape index (κ2) is 6.78. The molecule has 120 valence electrons. The van der Waals surface area contributed by atoms with Crippen LogP contribution >= 0.6 is 0 Å². The van der Waals surface area contributed by atoms with Gasteiger partial charge < -0.3 is 10.5 Å². The van der Waals surface area contributed by atoms with Crippen molar-refractivity contribution in [1.82, 2.24) is 4.57 Å². The van der Waals surface area contributed by atoms with E-state index in [9.17, 15) is 9.59 Å². The van der Waals surface area contributed by atoms with Crippen LogP contribution in [-0.4, -0.2) is 23.1 Å². The molecular weight excluding hydrogens is 306 g/mol. The fourth-order valence-corrected chi connectivity index (χ4v) is 2.42. The highest BCUT2D eigenvalue weighted by Gasteiger charge is 2.12. The largest absolute Gasteiger partial charge is 0.489 e. The number of hydrogen-bond donors (Lipinski definition) is 1. The SMILES string of the molecule is NC(=O)n1cc(N=CC=O)c2ccc(OCc3ccccc3)cc21. The smallest absolute Gasteiger partial charge is 0.323 e. The van der Waals surface area contributed by atoms with Crippen LogP contribution in [0.4, 0.5) is 10.5 Å². The van der Waals surface area contributed by atoms with Gasteiger partial charge in [0.2, 0.25) is 0 Å². The molecule has 0 radical (unpaired) electrons. The summed E-state index contributed by atoms with van der Waals surface area (Å²) in [7, 11) is 0. The number of carbonyl (C=O) groups excluding carboxylic acids is 2. The first-order chi connectivity index (χ1) is 11.7. The minimum atomic E-state index is -0.632. The molecule has 0 unspecified atom stereocenters. The van der Waals surface area contributed by atoms with Gasteiger partial charge in [-0.25, -0.2) is 4.79 Å². The third kappa shape index (κ3) is 3.17. The van der Waals surface area contributed by atoms with E-state index in [0.29, 0.717) is 35.2 Å². The Morgan fingerprint density at radius 2 is 2.00 bits per heavy atom. The number of hydrogen-bond acceptors (Lipinski definition) is 4. The second-order valence-corrected chi connectivity index (χ2v) is 5.09. The van der Waals surface area contributed by atoms with Crippen molar-refractivity contribution in [3.8, 4) is 5.75 Å². The van der Waals surface area contributed by atoms with Gasteiger partial charge in [-0.1, -0.05) is 30.3 Å².